The lowest BCUT2D eigenvalue weighted by atomic mass is 10.1. The molecule has 0 unspecified atom stereocenters. The quantitative estimate of drug-likeness (QED) is 0.701. The lowest BCUT2D eigenvalue weighted by Crippen LogP contribution is -2.39. The van der Waals surface area contributed by atoms with E-state index in [0.717, 1.165) is 0 Å². The van der Waals surface area contributed by atoms with Gasteiger partial charge in [-0.05, 0) is 18.6 Å². The highest BCUT2D eigenvalue weighted by Crippen LogP contribution is 2.21. The Bertz CT molecular complexity index is 504. The minimum absolute atomic E-state index is 0.0269. The molecular weight excluding hydrogens is 276 g/mol. The predicted molar refractivity (Wildman–Crippen MR) is 77.7 cm³/mol. The summed E-state index contributed by atoms with van der Waals surface area (Å²) in [4.78, 5) is 24.8. The van der Waals surface area contributed by atoms with E-state index >= 15 is 0 Å². The summed E-state index contributed by atoms with van der Waals surface area (Å²) in [6.07, 6.45) is 0. The highest BCUT2D eigenvalue weighted by Gasteiger charge is 2.18. The van der Waals surface area contributed by atoms with E-state index < -0.39 is 12.0 Å². The predicted octanol–water partition coefficient (Wildman–Crippen LogP) is 1.17. The number of amides is 2. The van der Waals surface area contributed by atoms with Crippen molar-refractivity contribution >= 4 is 17.7 Å². The van der Waals surface area contributed by atoms with Gasteiger partial charge >= 0.3 is 12.0 Å². The van der Waals surface area contributed by atoms with E-state index in [1.54, 1.807) is 19.1 Å². The number of nitrogens with zero attached hydrogens (tertiary/aromatic N) is 1. The van der Waals surface area contributed by atoms with Crippen LogP contribution < -0.4 is 5.32 Å². The number of aliphatic hydroxyl groups excluding tert-OH is 1. The van der Waals surface area contributed by atoms with Crippen molar-refractivity contribution < 1.29 is 24.5 Å². The molecule has 0 saturated heterocycles. The third kappa shape index (κ3) is 4.73. The first-order valence-electron chi connectivity index (χ1n) is 6.50. The van der Waals surface area contributed by atoms with Gasteiger partial charge in [0.25, 0.3) is 0 Å². The van der Waals surface area contributed by atoms with Gasteiger partial charge < -0.3 is 25.2 Å². The van der Waals surface area contributed by atoms with E-state index in [0.29, 0.717) is 18.7 Å². The molecular formula is C14H20N2O5. The fourth-order valence-corrected chi connectivity index (χ4v) is 1.83. The molecule has 0 spiro atoms. The lowest BCUT2D eigenvalue weighted by Gasteiger charge is -2.23. The molecule has 0 aliphatic heterocycles. The number of benzene rings is 1. The zero-order chi connectivity index (χ0) is 15.8. The number of aromatic carboxylic acids is 1. The van der Waals surface area contributed by atoms with Crippen LogP contribution in [-0.2, 0) is 4.74 Å². The molecule has 0 bridgehead atoms. The number of carbonyl (C=O) groups is 2. The van der Waals surface area contributed by atoms with Crippen LogP contribution in [0.25, 0.3) is 0 Å². The molecule has 1 aromatic rings. The second-order valence-electron chi connectivity index (χ2n) is 4.44. The molecule has 1 rings (SSSR count). The van der Waals surface area contributed by atoms with Crippen molar-refractivity contribution in [3.63, 3.8) is 0 Å². The van der Waals surface area contributed by atoms with Gasteiger partial charge in [0.05, 0.1) is 24.5 Å². The van der Waals surface area contributed by atoms with E-state index in [1.165, 1.54) is 18.1 Å². The van der Waals surface area contributed by atoms with Gasteiger partial charge in [-0.25, -0.2) is 9.59 Å². The molecule has 2 amide bonds. The average Bonchev–Trinajstić information content (AvgIpc) is 2.45. The molecule has 0 aromatic heterocycles. The summed E-state index contributed by atoms with van der Waals surface area (Å²) < 4.78 is 4.91. The van der Waals surface area contributed by atoms with Gasteiger partial charge in [0.15, 0.2) is 0 Å². The van der Waals surface area contributed by atoms with Gasteiger partial charge in [-0.3, -0.25) is 0 Å². The molecule has 0 atom stereocenters. The monoisotopic (exact) mass is 296 g/mol. The van der Waals surface area contributed by atoms with Crippen LogP contribution in [-0.4, -0.2) is 60.5 Å². The minimum atomic E-state index is -1.11. The van der Waals surface area contributed by atoms with Crippen molar-refractivity contribution in [1.29, 1.82) is 0 Å². The smallest absolute Gasteiger partial charge is 0.337 e. The number of carboxylic acid groups (broad SMARTS) is 1. The van der Waals surface area contributed by atoms with Crippen molar-refractivity contribution in [2.75, 3.05) is 38.7 Å². The number of anilines is 1. The Hall–Kier alpha value is -2.12. The minimum Gasteiger partial charge on any atom is -0.478 e. The van der Waals surface area contributed by atoms with Crippen LogP contribution in [0.2, 0.25) is 0 Å². The zero-order valence-electron chi connectivity index (χ0n) is 12.1. The van der Waals surface area contributed by atoms with Gasteiger partial charge in [0.1, 0.15) is 0 Å². The number of nitrogens with one attached hydrogen (secondary N) is 1. The van der Waals surface area contributed by atoms with Gasteiger partial charge in [-0.2, -0.15) is 0 Å². The van der Waals surface area contributed by atoms with Crippen molar-refractivity contribution in [2.45, 2.75) is 6.92 Å². The van der Waals surface area contributed by atoms with Crippen molar-refractivity contribution in [3.8, 4) is 0 Å². The van der Waals surface area contributed by atoms with E-state index in [9.17, 15) is 9.59 Å². The van der Waals surface area contributed by atoms with Gasteiger partial charge in [0.2, 0.25) is 0 Å². The Morgan fingerprint density at radius 1 is 1.33 bits per heavy atom. The third-order valence-electron chi connectivity index (χ3n) is 2.96. The first-order valence-corrected chi connectivity index (χ1v) is 6.50. The van der Waals surface area contributed by atoms with E-state index in [4.69, 9.17) is 14.9 Å². The first kappa shape index (κ1) is 16.9. The summed E-state index contributed by atoms with van der Waals surface area (Å²) in [5.41, 5.74) is 0.938. The molecule has 1 aromatic carbocycles. The number of hydrogen-bond acceptors (Lipinski definition) is 4. The molecule has 0 saturated carbocycles. The lowest BCUT2D eigenvalue weighted by molar-refractivity contribution is 0.0698. The Balaban J connectivity index is 2.92. The summed E-state index contributed by atoms with van der Waals surface area (Å²) >= 11 is 0. The molecule has 7 nitrogen and oxygen atoms in total. The van der Waals surface area contributed by atoms with Crippen molar-refractivity contribution in [3.05, 3.63) is 29.3 Å². The van der Waals surface area contributed by atoms with E-state index in [2.05, 4.69) is 5.32 Å². The van der Waals surface area contributed by atoms with Gasteiger partial charge in [-0.15, -0.1) is 0 Å². The summed E-state index contributed by atoms with van der Waals surface area (Å²) in [6.45, 7) is 2.30. The Kier molecular flexibility index (Phi) is 6.64. The fraction of sp³-hybridized carbons (Fsp3) is 0.429. The maximum atomic E-state index is 12.2. The average molecular weight is 296 g/mol. The Labute approximate surface area is 123 Å². The number of urea groups is 1. The Morgan fingerprint density at radius 2 is 2.05 bits per heavy atom. The van der Waals surface area contributed by atoms with Crippen LogP contribution in [0, 0.1) is 6.92 Å². The SMILES string of the molecule is COCCN(CCO)C(=O)Nc1c(C)cccc1C(=O)O. The molecule has 3 N–H and O–H groups in total. The third-order valence-corrected chi connectivity index (χ3v) is 2.96. The van der Waals surface area contributed by atoms with Crippen LogP contribution in [0.3, 0.4) is 0 Å². The Morgan fingerprint density at radius 3 is 2.62 bits per heavy atom. The molecule has 0 heterocycles. The standard InChI is InChI=1S/C14H20N2O5/c1-10-4-3-5-11(13(18)19)12(10)15-14(20)16(6-8-17)7-9-21-2/h3-5,17H,6-9H2,1-2H3,(H,15,20)(H,18,19). The molecule has 0 radical (unpaired) electrons. The molecule has 21 heavy (non-hydrogen) atoms. The van der Waals surface area contributed by atoms with Crippen LogP contribution in [0.1, 0.15) is 15.9 Å². The molecule has 0 aliphatic carbocycles. The maximum Gasteiger partial charge on any atom is 0.337 e. The number of methoxy groups -OCH3 is 1. The van der Waals surface area contributed by atoms with Gasteiger partial charge in [0, 0.05) is 20.2 Å². The van der Waals surface area contributed by atoms with E-state index in [1.807, 2.05) is 0 Å². The second kappa shape index (κ2) is 8.23. The van der Waals surface area contributed by atoms with Crippen LogP contribution in [0.4, 0.5) is 10.5 Å². The number of para-hydroxylation sites is 1. The number of aryl methyl sites for hydroxylation is 1. The molecule has 7 heteroatoms. The summed E-state index contributed by atoms with van der Waals surface area (Å²) in [7, 11) is 1.51. The molecule has 0 aliphatic rings. The molecule has 0 fully saturated rings. The van der Waals surface area contributed by atoms with E-state index in [-0.39, 0.29) is 24.4 Å². The number of aliphatic hydroxyl groups is 1. The fourth-order valence-electron chi connectivity index (χ4n) is 1.83. The first-order chi connectivity index (χ1) is 10.0. The highest BCUT2D eigenvalue weighted by atomic mass is 16.5. The van der Waals surface area contributed by atoms with Gasteiger partial charge in [-0.1, -0.05) is 12.1 Å². The van der Waals surface area contributed by atoms with Crippen molar-refractivity contribution in [2.24, 2.45) is 0 Å². The largest absolute Gasteiger partial charge is 0.478 e. The summed E-state index contributed by atoms with van der Waals surface area (Å²) in [5.74, 6) is -1.11. The van der Waals surface area contributed by atoms with Crippen LogP contribution in [0.15, 0.2) is 18.2 Å². The summed E-state index contributed by atoms with van der Waals surface area (Å²) in [5, 5.41) is 20.7. The number of ether oxygens (including phenoxy) is 1. The number of carbonyl (C=O) groups excluding carboxylic acids is 1. The normalized spacial score (nSPS) is 10.2. The van der Waals surface area contributed by atoms with Crippen molar-refractivity contribution in [1.82, 2.24) is 4.90 Å². The van der Waals surface area contributed by atoms with Crippen LogP contribution >= 0.6 is 0 Å². The number of carboxylic acids is 1. The topological polar surface area (TPSA) is 99.1 Å². The van der Waals surface area contributed by atoms with Crippen LogP contribution in [0.5, 0.6) is 0 Å². The molecule has 116 valence electrons. The number of hydrogen-bond donors (Lipinski definition) is 3. The number of rotatable bonds is 7. The maximum absolute atomic E-state index is 12.2. The second-order valence-corrected chi connectivity index (χ2v) is 4.44. The highest BCUT2D eigenvalue weighted by molar-refractivity contribution is 6.01. The zero-order valence-corrected chi connectivity index (χ0v) is 12.1. The summed E-state index contributed by atoms with van der Waals surface area (Å²) in [6, 6.07) is 4.28.